The fourth-order valence-electron chi connectivity index (χ4n) is 2.97. The summed E-state index contributed by atoms with van der Waals surface area (Å²) in [7, 11) is 3.44. The van der Waals surface area contributed by atoms with Gasteiger partial charge in [-0.3, -0.25) is 4.79 Å². The minimum atomic E-state index is -0.258. The summed E-state index contributed by atoms with van der Waals surface area (Å²) in [4.78, 5) is 29.7. The Morgan fingerprint density at radius 1 is 1.33 bits per heavy atom. The van der Waals surface area contributed by atoms with Gasteiger partial charge >= 0.3 is 6.03 Å². The zero-order chi connectivity index (χ0) is 15.4. The van der Waals surface area contributed by atoms with Gasteiger partial charge in [0.1, 0.15) is 0 Å². The first-order valence-electron chi connectivity index (χ1n) is 7.50. The minimum absolute atomic E-state index is 0.0357. The highest BCUT2D eigenvalue weighted by Crippen LogP contribution is 2.21. The van der Waals surface area contributed by atoms with Gasteiger partial charge in [0.2, 0.25) is 5.91 Å². The normalized spacial score (nSPS) is 26.6. The molecule has 2 atom stereocenters. The fourth-order valence-corrected chi connectivity index (χ4v) is 2.97. The van der Waals surface area contributed by atoms with Crippen LogP contribution in [-0.4, -0.2) is 91.3 Å². The number of hydrogen-bond donors (Lipinski definition) is 1. The maximum atomic E-state index is 12.7. The van der Waals surface area contributed by atoms with Crippen LogP contribution in [0, 0.1) is 5.92 Å². The van der Waals surface area contributed by atoms with E-state index >= 15 is 0 Å². The van der Waals surface area contributed by atoms with Gasteiger partial charge in [-0.2, -0.15) is 0 Å². The monoisotopic (exact) mass is 299 g/mol. The highest BCUT2D eigenvalue weighted by Gasteiger charge is 2.35. The second kappa shape index (κ2) is 7.09. The summed E-state index contributed by atoms with van der Waals surface area (Å²) >= 11 is 0. The first-order chi connectivity index (χ1) is 10.0. The molecule has 2 aliphatic heterocycles. The molecule has 2 fully saturated rings. The highest BCUT2D eigenvalue weighted by atomic mass is 16.5. The molecular formula is C14H25N3O4. The number of carbonyl (C=O) groups is 2. The van der Waals surface area contributed by atoms with Crippen molar-refractivity contribution in [2.45, 2.75) is 18.9 Å². The molecule has 21 heavy (non-hydrogen) atoms. The molecule has 2 heterocycles. The number of piperidine rings is 1. The summed E-state index contributed by atoms with van der Waals surface area (Å²) < 4.78 is 5.31. The second-order valence-electron chi connectivity index (χ2n) is 5.91. The van der Waals surface area contributed by atoms with E-state index < -0.39 is 0 Å². The largest absolute Gasteiger partial charge is 0.394 e. The lowest BCUT2D eigenvalue weighted by Crippen LogP contribution is -2.55. The Kier molecular flexibility index (Phi) is 5.41. The molecule has 0 aromatic heterocycles. The molecule has 0 spiro atoms. The zero-order valence-corrected chi connectivity index (χ0v) is 12.8. The molecule has 1 N–H and O–H groups in total. The third-order valence-electron chi connectivity index (χ3n) is 4.15. The SMILES string of the molecule is CN(C)C(=O)N1CCCC(C(=O)N2CCOCC2CO)C1. The molecule has 0 aromatic carbocycles. The number of hydrogen-bond acceptors (Lipinski definition) is 4. The van der Waals surface area contributed by atoms with E-state index in [1.54, 1.807) is 23.9 Å². The Bertz CT molecular complexity index is 388. The van der Waals surface area contributed by atoms with E-state index in [2.05, 4.69) is 0 Å². The summed E-state index contributed by atoms with van der Waals surface area (Å²) in [5, 5.41) is 9.38. The average Bonchev–Trinajstić information content (AvgIpc) is 2.53. The predicted octanol–water partition coefficient (Wildman–Crippen LogP) is -0.400. The Hall–Kier alpha value is -1.34. The van der Waals surface area contributed by atoms with E-state index in [-0.39, 0.29) is 30.5 Å². The van der Waals surface area contributed by atoms with Crippen molar-refractivity contribution in [3.8, 4) is 0 Å². The van der Waals surface area contributed by atoms with E-state index in [1.807, 2.05) is 0 Å². The van der Waals surface area contributed by atoms with E-state index in [1.165, 1.54) is 4.90 Å². The molecule has 120 valence electrons. The van der Waals surface area contributed by atoms with Crippen LogP contribution in [-0.2, 0) is 9.53 Å². The zero-order valence-electron chi connectivity index (χ0n) is 12.8. The maximum Gasteiger partial charge on any atom is 0.319 e. The Morgan fingerprint density at radius 2 is 2.10 bits per heavy atom. The van der Waals surface area contributed by atoms with Crippen LogP contribution in [0.15, 0.2) is 0 Å². The van der Waals surface area contributed by atoms with E-state index in [0.29, 0.717) is 32.8 Å². The maximum absolute atomic E-state index is 12.7. The average molecular weight is 299 g/mol. The molecule has 0 bridgehead atoms. The first kappa shape index (κ1) is 16.0. The fraction of sp³-hybridized carbons (Fsp3) is 0.857. The van der Waals surface area contributed by atoms with Crippen molar-refractivity contribution in [3.05, 3.63) is 0 Å². The van der Waals surface area contributed by atoms with Gasteiger partial charge in [0.25, 0.3) is 0 Å². The molecule has 2 aliphatic rings. The summed E-state index contributed by atoms with van der Waals surface area (Å²) in [5.74, 6) is -0.136. The summed E-state index contributed by atoms with van der Waals surface area (Å²) in [6.45, 7) is 2.49. The first-order valence-corrected chi connectivity index (χ1v) is 7.50. The summed E-state index contributed by atoms with van der Waals surface area (Å²) in [6, 6.07) is -0.306. The van der Waals surface area contributed by atoms with Crippen molar-refractivity contribution >= 4 is 11.9 Å². The molecule has 7 nitrogen and oxygen atoms in total. The minimum Gasteiger partial charge on any atom is -0.394 e. The van der Waals surface area contributed by atoms with Gasteiger partial charge in [0.05, 0.1) is 31.8 Å². The van der Waals surface area contributed by atoms with Crippen LogP contribution in [0.1, 0.15) is 12.8 Å². The number of aliphatic hydroxyl groups is 1. The van der Waals surface area contributed by atoms with Gasteiger partial charge in [0, 0.05) is 33.7 Å². The van der Waals surface area contributed by atoms with Gasteiger partial charge in [-0.25, -0.2) is 4.79 Å². The van der Waals surface area contributed by atoms with Crippen molar-refractivity contribution in [3.63, 3.8) is 0 Å². The van der Waals surface area contributed by atoms with E-state index in [9.17, 15) is 14.7 Å². The molecule has 0 aliphatic carbocycles. The van der Waals surface area contributed by atoms with Crippen LogP contribution in [0.25, 0.3) is 0 Å². The molecule has 0 radical (unpaired) electrons. The van der Waals surface area contributed by atoms with Crippen LogP contribution >= 0.6 is 0 Å². The Balaban J connectivity index is 1.99. The lowest BCUT2D eigenvalue weighted by atomic mass is 9.96. The number of nitrogens with zero attached hydrogens (tertiary/aromatic N) is 3. The van der Waals surface area contributed by atoms with Crippen LogP contribution < -0.4 is 0 Å². The van der Waals surface area contributed by atoms with E-state index in [0.717, 1.165) is 12.8 Å². The van der Waals surface area contributed by atoms with Crippen LogP contribution in [0.3, 0.4) is 0 Å². The number of likely N-dealkylation sites (tertiary alicyclic amines) is 1. The summed E-state index contributed by atoms with van der Waals surface area (Å²) in [6.07, 6.45) is 1.63. The number of amides is 3. The third-order valence-corrected chi connectivity index (χ3v) is 4.15. The molecule has 2 saturated heterocycles. The number of ether oxygens (including phenoxy) is 1. The highest BCUT2D eigenvalue weighted by molar-refractivity contribution is 5.81. The molecule has 0 saturated carbocycles. The van der Waals surface area contributed by atoms with Crippen LogP contribution in [0.5, 0.6) is 0 Å². The Morgan fingerprint density at radius 3 is 2.76 bits per heavy atom. The van der Waals surface area contributed by atoms with Crippen molar-refractivity contribution in [1.29, 1.82) is 0 Å². The van der Waals surface area contributed by atoms with Gasteiger partial charge in [-0.05, 0) is 12.8 Å². The van der Waals surface area contributed by atoms with Gasteiger partial charge in [0.15, 0.2) is 0 Å². The molecule has 3 amide bonds. The molecule has 7 heteroatoms. The molecule has 2 rings (SSSR count). The van der Waals surface area contributed by atoms with Crippen molar-refractivity contribution in [2.75, 3.05) is 53.6 Å². The quantitative estimate of drug-likeness (QED) is 0.753. The number of carbonyl (C=O) groups excluding carboxylic acids is 2. The summed E-state index contributed by atoms with van der Waals surface area (Å²) in [5.41, 5.74) is 0. The van der Waals surface area contributed by atoms with Crippen molar-refractivity contribution < 1.29 is 19.4 Å². The standard InChI is InChI=1S/C14H25N3O4/c1-15(2)14(20)16-5-3-4-11(8-16)13(19)17-6-7-21-10-12(17)9-18/h11-12,18H,3-10H2,1-2H3. The lowest BCUT2D eigenvalue weighted by molar-refractivity contribution is -0.147. The Labute approximate surface area is 125 Å². The second-order valence-corrected chi connectivity index (χ2v) is 5.91. The van der Waals surface area contributed by atoms with E-state index in [4.69, 9.17) is 4.74 Å². The lowest BCUT2D eigenvalue weighted by Gasteiger charge is -2.40. The number of rotatable bonds is 2. The third kappa shape index (κ3) is 3.65. The predicted molar refractivity (Wildman–Crippen MR) is 76.8 cm³/mol. The number of aliphatic hydroxyl groups excluding tert-OH is 1. The molecule has 2 unspecified atom stereocenters. The van der Waals surface area contributed by atoms with Crippen LogP contribution in [0.2, 0.25) is 0 Å². The van der Waals surface area contributed by atoms with Gasteiger partial charge in [-0.1, -0.05) is 0 Å². The smallest absolute Gasteiger partial charge is 0.319 e. The van der Waals surface area contributed by atoms with Crippen LogP contribution in [0.4, 0.5) is 4.79 Å². The van der Waals surface area contributed by atoms with Gasteiger partial charge < -0.3 is 24.5 Å². The number of urea groups is 1. The topological polar surface area (TPSA) is 73.3 Å². The number of morpholine rings is 1. The molecular weight excluding hydrogens is 274 g/mol. The molecule has 0 aromatic rings. The van der Waals surface area contributed by atoms with Crippen molar-refractivity contribution in [1.82, 2.24) is 14.7 Å². The van der Waals surface area contributed by atoms with Gasteiger partial charge in [-0.15, -0.1) is 0 Å². The van der Waals surface area contributed by atoms with Crippen molar-refractivity contribution in [2.24, 2.45) is 5.92 Å².